The summed E-state index contributed by atoms with van der Waals surface area (Å²) in [5.41, 5.74) is -2.56. The predicted octanol–water partition coefficient (Wildman–Crippen LogP) is 5.06. The van der Waals surface area contributed by atoms with E-state index in [1.807, 2.05) is 0 Å². The largest absolute Gasteiger partial charge is 0.416 e. The fourth-order valence-corrected chi connectivity index (χ4v) is 6.48. The molecule has 0 aliphatic carbocycles. The molecule has 5 nitrogen and oxygen atoms in total. The molecule has 216 valence electrons. The minimum atomic E-state index is -5.02. The maximum atomic E-state index is 14.2. The van der Waals surface area contributed by atoms with E-state index < -0.39 is 59.6 Å². The lowest BCUT2D eigenvalue weighted by atomic mass is 9.67. The number of hydrogen-bond acceptors (Lipinski definition) is 3. The van der Waals surface area contributed by atoms with Crippen molar-refractivity contribution in [1.29, 1.82) is 0 Å². The lowest BCUT2D eigenvalue weighted by Crippen LogP contribution is -2.63. The van der Waals surface area contributed by atoms with Gasteiger partial charge in [-0.25, -0.2) is 4.39 Å². The van der Waals surface area contributed by atoms with E-state index in [4.69, 9.17) is 0 Å². The van der Waals surface area contributed by atoms with Gasteiger partial charge in [-0.3, -0.25) is 9.59 Å². The Hall–Kier alpha value is -3.15. The van der Waals surface area contributed by atoms with Crippen molar-refractivity contribution in [3.05, 3.63) is 70.5 Å². The van der Waals surface area contributed by atoms with Crippen molar-refractivity contribution in [1.82, 2.24) is 15.1 Å². The van der Waals surface area contributed by atoms with Crippen LogP contribution in [0.25, 0.3) is 0 Å². The number of rotatable bonds is 3. The number of carbonyl (C=O) groups excluding carboxylic acids is 2. The average molecular weight is 572 g/mol. The van der Waals surface area contributed by atoms with Gasteiger partial charge in [0.1, 0.15) is 11.9 Å². The average Bonchev–Trinajstić information content (AvgIpc) is 3.00. The third-order valence-corrected chi connectivity index (χ3v) is 8.15. The van der Waals surface area contributed by atoms with Crippen LogP contribution in [0.1, 0.15) is 41.5 Å². The molecule has 3 fully saturated rings. The van der Waals surface area contributed by atoms with E-state index in [1.165, 1.54) is 21.9 Å². The van der Waals surface area contributed by atoms with Crippen LogP contribution in [-0.4, -0.2) is 53.8 Å². The highest BCUT2D eigenvalue weighted by Crippen LogP contribution is 2.46. The molecule has 0 radical (unpaired) electrons. The molecule has 0 saturated carbocycles. The first-order valence-electron chi connectivity index (χ1n) is 13.1. The number of hydrogen-bond donors (Lipinski definition) is 1. The number of benzene rings is 2. The number of carbonyl (C=O) groups is 2. The van der Waals surface area contributed by atoms with Crippen molar-refractivity contribution in [2.45, 2.75) is 44.2 Å². The third-order valence-electron chi connectivity index (χ3n) is 8.15. The van der Waals surface area contributed by atoms with Crippen LogP contribution in [0.2, 0.25) is 0 Å². The van der Waals surface area contributed by atoms with Gasteiger partial charge in [0.2, 0.25) is 11.8 Å². The summed E-state index contributed by atoms with van der Waals surface area (Å²) in [5, 5.41) is 3.22. The molecule has 0 bridgehead atoms. The van der Waals surface area contributed by atoms with Gasteiger partial charge in [0, 0.05) is 32.1 Å². The zero-order chi connectivity index (χ0) is 29.0. The topological polar surface area (TPSA) is 52.7 Å². The van der Waals surface area contributed by atoms with Crippen molar-refractivity contribution in [2.24, 2.45) is 17.8 Å². The summed E-state index contributed by atoms with van der Waals surface area (Å²) in [6.07, 6.45) is -9.46. The lowest BCUT2D eigenvalue weighted by molar-refractivity contribution is -0.156. The Labute approximate surface area is 226 Å². The number of nitrogens with one attached hydrogen (secondary N) is 1. The molecule has 3 saturated heterocycles. The summed E-state index contributed by atoms with van der Waals surface area (Å²) in [7, 11) is 0. The molecule has 5 atom stereocenters. The monoisotopic (exact) mass is 571 g/mol. The molecule has 2 aromatic carbocycles. The third kappa shape index (κ3) is 5.42. The number of nitrogens with zero attached hydrogens (tertiary/aromatic N) is 2. The number of amides is 2. The van der Waals surface area contributed by atoms with Crippen molar-refractivity contribution < 1.29 is 40.3 Å². The molecule has 2 aromatic rings. The van der Waals surface area contributed by atoms with Crippen molar-refractivity contribution in [3.8, 4) is 0 Å². The molecular weight excluding hydrogens is 543 g/mol. The van der Waals surface area contributed by atoms with E-state index in [0.29, 0.717) is 37.2 Å². The summed E-state index contributed by atoms with van der Waals surface area (Å²) >= 11 is 0. The quantitative estimate of drug-likeness (QED) is 0.525. The molecule has 2 amide bonds. The van der Waals surface area contributed by atoms with E-state index >= 15 is 0 Å². The van der Waals surface area contributed by atoms with Crippen LogP contribution >= 0.6 is 0 Å². The van der Waals surface area contributed by atoms with Gasteiger partial charge in [-0.05, 0) is 66.3 Å². The highest BCUT2D eigenvalue weighted by Gasteiger charge is 2.54. The zero-order valence-electron chi connectivity index (χ0n) is 21.5. The van der Waals surface area contributed by atoms with Gasteiger partial charge >= 0.3 is 12.4 Å². The molecule has 0 spiro atoms. The van der Waals surface area contributed by atoms with Crippen LogP contribution in [0, 0.1) is 23.6 Å². The molecule has 12 heteroatoms. The Morgan fingerprint density at radius 3 is 2.12 bits per heavy atom. The molecule has 0 aromatic heterocycles. The number of halogens is 7. The fourth-order valence-electron chi connectivity index (χ4n) is 6.48. The first-order valence-corrected chi connectivity index (χ1v) is 13.1. The minimum absolute atomic E-state index is 0.0421. The highest BCUT2D eigenvalue weighted by atomic mass is 19.4. The standard InChI is InChI=1S/C28H28F7N3O2/c1-15-12-37(14-16-8-18(27(30,31)32)10-19(9-16)28(33,34)35)26(40)24-23(17-2-4-20(29)5-3-17)21-6-7-36-11-22(21)25(39)38(24)13-15/h2-5,8-10,15,21-24,36H,6-7,11-14H2,1H3/t15-,21?,22?,23?,24?/m0/s1. The minimum Gasteiger partial charge on any atom is -0.336 e. The van der Waals surface area contributed by atoms with E-state index in [0.717, 1.165) is 0 Å². The van der Waals surface area contributed by atoms with Crippen LogP contribution in [0.3, 0.4) is 0 Å². The number of alkyl halides is 6. The predicted molar refractivity (Wildman–Crippen MR) is 130 cm³/mol. The second-order valence-electron chi connectivity index (χ2n) is 11.0. The molecule has 4 unspecified atom stereocenters. The smallest absolute Gasteiger partial charge is 0.336 e. The van der Waals surface area contributed by atoms with Crippen LogP contribution < -0.4 is 5.32 Å². The SMILES string of the molecule is C[C@H]1CN(Cc2cc(C(F)(F)F)cc(C(F)(F)F)c2)C(=O)C2C(c3ccc(F)cc3)C3CCNCC3C(=O)N2C1. The van der Waals surface area contributed by atoms with E-state index in [1.54, 1.807) is 19.1 Å². The van der Waals surface area contributed by atoms with Crippen LogP contribution in [0.15, 0.2) is 42.5 Å². The van der Waals surface area contributed by atoms with Gasteiger partial charge in [-0.2, -0.15) is 26.3 Å². The molecule has 3 heterocycles. The van der Waals surface area contributed by atoms with Gasteiger partial charge in [0.05, 0.1) is 17.0 Å². The second-order valence-corrected chi connectivity index (χ2v) is 11.0. The fraction of sp³-hybridized carbons (Fsp3) is 0.500. The Morgan fingerprint density at radius 2 is 1.52 bits per heavy atom. The number of piperidine rings is 2. The van der Waals surface area contributed by atoms with Gasteiger partial charge < -0.3 is 15.1 Å². The molecule has 3 aliphatic rings. The highest BCUT2D eigenvalue weighted by molar-refractivity contribution is 5.92. The number of fused-ring (bicyclic) bond motifs is 2. The summed E-state index contributed by atoms with van der Waals surface area (Å²) in [4.78, 5) is 30.6. The summed E-state index contributed by atoms with van der Waals surface area (Å²) in [6.45, 7) is 2.56. The van der Waals surface area contributed by atoms with Crippen molar-refractivity contribution in [3.63, 3.8) is 0 Å². The molecule has 40 heavy (non-hydrogen) atoms. The lowest BCUT2D eigenvalue weighted by Gasteiger charge is -2.50. The van der Waals surface area contributed by atoms with Gasteiger partial charge in [0.15, 0.2) is 0 Å². The van der Waals surface area contributed by atoms with E-state index in [2.05, 4.69) is 5.32 Å². The molecule has 1 N–H and O–H groups in total. The van der Waals surface area contributed by atoms with Gasteiger partial charge in [-0.1, -0.05) is 19.1 Å². The molecule has 5 rings (SSSR count). The first kappa shape index (κ1) is 28.4. The summed E-state index contributed by atoms with van der Waals surface area (Å²) in [5.74, 6) is -2.70. The first-order chi connectivity index (χ1) is 18.7. The Balaban J connectivity index is 1.56. The molecular formula is C28H28F7N3O2. The van der Waals surface area contributed by atoms with E-state index in [9.17, 15) is 40.3 Å². The van der Waals surface area contributed by atoms with Crippen LogP contribution in [-0.2, 0) is 28.5 Å². The van der Waals surface area contributed by atoms with Crippen molar-refractivity contribution in [2.75, 3.05) is 26.2 Å². The second kappa shape index (κ2) is 10.4. The molecule has 3 aliphatic heterocycles. The maximum absolute atomic E-state index is 14.2. The van der Waals surface area contributed by atoms with Crippen LogP contribution in [0.4, 0.5) is 30.7 Å². The van der Waals surface area contributed by atoms with Gasteiger partial charge in [-0.15, -0.1) is 0 Å². The normalized spacial score (nSPS) is 27.8. The van der Waals surface area contributed by atoms with Crippen LogP contribution in [0.5, 0.6) is 0 Å². The van der Waals surface area contributed by atoms with E-state index in [-0.39, 0.29) is 42.5 Å². The Morgan fingerprint density at radius 1 is 0.900 bits per heavy atom. The summed E-state index contributed by atoms with van der Waals surface area (Å²) in [6, 6.07) is 5.98. The zero-order valence-corrected chi connectivity index (χ0v) is 21.5. The Kier molecular flexibility index (Phi) is 7.35. The maximum Gasteiger partial charge on any atom is 0.416 e. The van der Waals surface area contributed by atoms with Gasteiger partial charge in [0.25, 0.3) is 0 Å². The summed E-state index contributed by atoms with van der Waals surface area (Å²) < 4.78 is 94.7. The Bertz CT molecular complexity index is 1250. The van der Waals surface area contributed by atoms with Crippen molar-refractivity contribution >= 4 is 11.8 Å².